The zero-order chi connectivity index (χ0) is 15.7. The molecule has 1 aromatic heterocycles. The number of urea groups is 1. The zero-order valence-electron chi connectivity index (χ0n) is 12.8. The number of nitrogens with zero attached hydrogens (tertiary/aromatic N) is 3. The predicted octanol–water partition coefficient (Wildman–Crippen LogP) is 1.44. The van der Waals surface area contributed by atoms with Crippen LogP contribution in [0.1, 0.15) is 43.2 Å². The third-order valence-corrected chi connectivity index (χ3v) is 4.59. The Morgan fingerprint density at radius 1 is 1.32 bits per heavy atom. The van der Waals surface area contributed by atoms with Crippen molar-refractivity contribution in [2.75, 3.05) is 19.6 Å². The van der Waals surface area contributed by atoms with E-state index in [-0.39, 0.29) is 17.9 Å². The van der Waals surface area contributed by atoms with E-state index in [1.807, 2.05) is 17.9 Å². The molecule has 0 aromatic carbocycles. The van der Waals surface area contributed by atoms with Gasteiger partial charge in [0.15, 0.2) is 5.76 Å². The number of piperidine rings is 1. The lowest BCUT2D eigenvalue weighted by Gasteiger charge is -2.34. The van der Waals surface area contributed by atoms with Gasteiger partial charge in [-0.25, -0.2) is 4.79 Å². The lowest BCUT2D eigenvalue weighted by molar-refractivity contribution is -0.138. The number of hydrogen-bond donors (Lipinski definition) is 1. The van der Waals surface area contributed by atoms with E-state index in [0.29, 0.717) is 13.1 Å². The van der Waals surface area contributed by atoms with Gasteiger partial charge in [-0.1, -0.05) is 5.16 Å². The van der Waals surface area contributed by atoms with E-state index in [1.165, 1.54) is 0 Å². The summed E-state index contributed by atoms with van der Waals surface area (Å²) in [5.41, 5.74) is 6.17. The van der Waals surface area contributed by atoms with Gasteiger partial charge in [-0.15, -0.1) is 0 Å². The van der Waals surface area contributed by atoms with E-state index >= 15 is 0 Å². The number of rotatable bonds is 2. The fraction of sp³-hybridized carbons (Fsp3) is 0.667. The van der Waals surface area contributed by atoms with Crippen LogP contribution in [-0.4, -0.2) is 46.5 Å². The van der Waals surface area contributed by atoms with Crippen LogP contribution in [0.4, 0.5) is 4.79 Å². The molecule has 120 valence electrons. The number of likely N-dealkylation sites (tertiary alicyclic amines) is 2. The highest BCUT2D eigenvalue weighted by Crippen LogP contribution is 2.34. The number of nitrogens with two attached hydrogens (primary N) is 1. The Morgan fingerprint density at radius 2 is 2.09 bits per heavy atom. The van der Waals surface area contributed by atoms with Crippen molar-refractivity contribution in [1.82, 2.24) is 15.0 Å². The third-order valence-electron chi connectivity index (χ3n) is 4.59. The molecule has 0 spiro atoms. The molecule has 2 atom stereocenters. The summed E-state index contributed by atoms with van der Waals surface area (Å²) in [4.78, 5) is 27.6. The molecule has 3 heterocycles. The van der Waals surface area contributed by atoms with E-state index in [9.17, 15) is 9.59 Å². The van der Waals surface area contributed by atoms with Crippen molar-refractivity contribution >= 4 is 11.9 Å². The summed E-state index contributed by atoms with van der Waals surface area (Å²) < 4.78 is 5.35. The summed E-state index contributed by atoms with van der Waals surface area (Å²) in [5, 5.41) is 3.92. The third kappa shape index (κ3) is 2.80. The van der Waals surface area contributed by atoms with E-state index in [1.54, 1.807) is 4.90 Å². The van der Waals surface area contributed by atoms with Gasteiger partial charge in [0, 0.05) is 25.7 Å². The molecule has 0 unspecified atom stereocenters. The highest BCUT2D eigenvalue weighted by Gasteiger charge is 2.37. The first-order valence-electron chi connectivity index (χ1n) is 7.84. The molecule has 0 bridgehead atoms. The van der Waals surface area contributed by atoms with Crippen molar-refractivity contribution in [2.45, 2.75) is 38.6 Å². The minimum absolute atomic E-state index is 0.0299. The van der Waals surface area contributed by atoms with Gasteiger partial charge in [-0.05, 0) is 32.6 Å². The van der Waals surface area contributed by atoms with Gasteiger partial charge in [0.2, 0.25) is 5.91 Å². The zero-order valence-corrected chi connectivity index (χ0v) is 12.8. The molecule has 2 fully saturated rings. The standard InChI is InChI=1S/C15H22N4O3/c1-10-8-13(22-17-10)12-5-3-7-19(12)14(20)11-4-2-6-18(9-11)15(16)21/h8,11-12H,2-7,9H2,1H3,(H2,16,21)/t11-,12+/m1/s1. The van der Waals surface area contributed by atoms with Gasteiger partial charge >= 0.3 is 6.03 Å². The molecule has 7 nitrogen and oxygen atoms in total. The molecule has 2 N–H and O–H groups in total. The van der Waals surface area contributed by atoms with Gasteiger partial charge in [-0.3, -0.25) is 4.79 Å². The maximum Gasteiger partial charge on any atom is 0.314 e. The van der Waals surface area contributed by atoms with E-state index in [2.05, 4.69) is 5.16 Å². The van der Waals surface area contributed by atoms with Gasteiger partial charge in [0.1, 0.15) is 0 Å². The molecule has 2 aliphatic rings. The summed E-state index contributed by atoms with van der Waals surface area (Å²) in [5.74, 6) is 0.694. The lowest BCUT2D eigenvalue weighted by Crippen LogP contribution is -2.48. The summed E-state index contributed by atoms with van der Waals surface area (Å²) in [6.07, 6.45) is 3.48. The Labute approximate surface area is 129 Å². The second kappa shape index (κ2) is 5.98. The van der Waals surface area contributed by atoms with Crippen LogP contribution in [0.25, 0.3) is 0 Å². The van der Waals surface area contributed by atoms with Gasteiger partial charge in [0.25, 0.3) is 0 Å². The minimum atomic E-state index is -0.443. The monoisotopic (exact) mass is 306 g/mol. The molecule has 3 amide bonds. The Hall–Kier alpha value is -2.05. The highest BCUT2D eigenvalue weighted by atomic mass is 16.5. The molecule has 3 rings (SSSR count). The van der Waals surface area contributed by atoms with Crippen molar-refractivity contribution < 1.29 is 14.1 Å². The van der Waals surface area contributed by atoms with Crippen LogP contribution in [0, 0.1) is 12.8 Å². The minimum Gasteiger partial charge on any atom is -0.359 e. The fourth-order valence-corrected chi connectivity index (χ4v) is 3.48. The van der Waals surface area contributed by atoms with Crippen molar-refractivity contribution in [3.63, 3.8) is 0 Å². The van der Waals surface area contributed by atoms with Gasteiger partial charge in [-0.2, -0.15) is 0 Å². The largest absolute Gasteiger partial charge is 0.359 e. The summed E-state index contributed by atoms with van der Waals surface area (Å²) in [6, 6.07) is 1.42. The van der Waals surface area contributed by atoms with Crippen LogP contribution in [0.15, 0.2) is 10.6 Å². The molecule has 0 aliphatic carbocycles. The molecule has 22 heavy (non-hydrogen) atoms. The average molecular weight is 306 g/mol. The van der Waals surface area contributed by atoms with Crippen LogP contribution < -0.4 is 5.73 Å². The Balaban J connectivity index is 1.72. The Bertz CT molecular complexity index is 571. The lowest BCUT2D eigenvalue weighted by atomic mass is 9.96. The van der Waals surface area contributed by atoms with Crippen LogP contribution in [0.2, 0.25) is 0 Å². The normalized spacial score (nSPS) is 25.5. The number of primary amides is 1. The molecular weight excluding hydrogens is 284 g/mol. The molecule has 7 heteroatoms. The van der Waals surface area contributed by atoms with Crippen LogP contribution in [0.5, 0.6) is 0 Å². The molecule has 0 saturated carbocycles. The average Bonchev–Trinajstić information content (AvgIpc) is 3.15. The smallest absolute Gasteiger partial charge is 0.314 e. The Kier molecular flexibility index (Phi) is 4.04. The van der Waals surface area contributed by atoms with E-state index < -0.39 is 6.03 Å². The van der Waals surface area contributed by atoms with E-state index in [0.717, 1.165) is 43.7 Å². The molecule has 1 aromatic rings. The SMILES string of the molecule is Cc1cc([C@@H]2CCCN2C(=O)[C@@H]2CCCN(C(N)=O)C2)on1. The predicted molar refractivity (Wildman–Crippen MR) is 78.8 cm³/mol. The quantitative estimate of drug-likeness (QED) is 0.894. The van der Waals surface area contributed by atoms with E-state index in [4.69, 9.17) is 10.3 Å². The van der Waals surface area contributed by atoms with Crippen molar-refractivity contribution in [3.8, 4) is 0 Å². The fourth-order valence-electron chi connectivity index (χ4n) is 3.48. The second-order valence-electron chi connectivity index (χ2n) is 6.18. The van der Waals surface area contributed by atoms with Gasteiger partial charge in [0.05, 0.1) is 17.7 Å². The first-order valence-corrected chi connectivity index (χ1v) is 7.84. The summed E-state index contributed by atoms with van der Waals surface area (Å²) >= 11 is 0. The van der Waals surface area contributed by atoms with Crippen molar-refractivity contribution in [3.05, 3.63) is 17.5 Å². The van der Waals surface area contributed by atoms with Crippen LogP contribution >= 0.6 is 0 Å². The molecular formula is C15H22N4O3. The van der Waals surface area contributed by atoms with Crippen molar-refractivity contribution in [2.24, 2.45) is 11.7 Å². The first-order chi connectivity index (χ1) is 10.6. The van der Waals surface area contributed by atoms with Crippen LogP contribution in [-0.2, 0) is 4.79 Å². The van der Waals surface area contributed by atoms with Crippen molar-refractivity contribution in [1.29, 1.82) is 0 Å². The second-order valence-corrected chi connectivity index (χ2v) is 6.18. The number of carbonyl (C=O) groups excluding carboxylic acids is 2. The van der Waals surface area contributed by atoms with Crippen LogP contribution in [0.3, 0.4) is 0 Å². The highest BCUT2D eigenvalue weighted by molar-refractivity contribution is 5.81. The maximum absolute atomic E-state index is 12.8. The first kappa shape index (κ1) is 14.9. The maximum atomic E-state index is 12.8. The molecule has 2 aliphatic heterocycles. The number of amides is 3. The number of aromatic nitrogens is 1. The summed E-state index contributed by atoms with van der Waals surface area (Å²) in [6.45, 7) is 3.67. The molecule has 0 radical (unpaired) electrons. The number of hydrogen-bond acceptors (Lipinski definition) is 4. The number of aryl methyl sites for hydroxylation is 1. The topological polar surface area (TPSA) is 92.7 Å². The van der Waals surface area contributed by atoms with Gasteiger partial charge < -0.3 is 20.1 Å². The summed E-state index contributed by atoms with van der Waals surface area (Å²) in [7, 11) is 0. The molecule has 2 saturated heterocycles. The Morgan fingerprint density at radius 3 is 2.77 bits per heavy atom. The number of carbonyl (C=O) groups is 2.